The smallest absolute Gasteiger partial charge is 0.244 e. The molecule has 29 heavy (non-hydrogen) atoms. The number of benzene rings is 1. The predicted molar refractivity (Wildman–Crippen MR) is 112 cm³/mol. The zero-order chi connectivity index (χ0) is 20.6. The van der Waals surface area contributed by atoms with Gasteiger partial charge in [-0.1, -0.05) is 0 Å². The third-order valence-electron chi connectivity index (χ3n) is 6.69. The number of nitrogens with one attached hydrogen (secondary N) is 2. The number of hydrogen-bond donors (Lipinski definition) is 2. The molecular formula is C22H30N4O3. The van der Waals surface area contributed by atoms with E-state index in [1.165, 1.54) is 19.3 Å². The fraction of sp³-hybridized carbons (Fsp3) is 0.591. The number of ketones is 1. The summed E-state index contributed by atoms with van der Waals surface area (Å²) in [6.07, 6.45) is 4.40. The highest BCUT2D eigenvalue weighted by molar-refractivity contribution is 6.24. The molecule has 0 aliphatic carbocycles. The van der Waals surface area contributed by atoms with E-state index < -0.39 is 23.1 Å². The lowest BCUT2D eigenvalue weighted by Gasteiger charge is -2.48. The Bertz CT molecular complexity index is 803. The molecular weight excluding hydrogens is 368 g/mol. The molecule has 7 heteroatoms. The minimum absolute atomic E-state index is 0.202. The first-order valence-electron chi connectivity index (χ1n) is 10.6. The van der Waals surface area contributed by atoms with E-state index in [1.807, 2.05) is 38.2 Å². The maximum atomic E-state index is 13.2. The summed E-state index contributed by atoms with van der Waals surface area (Å²) in [7, 11) is 1.96. The Hall–Kier alpha value is -2.41. The average Bonchev–Trinajstić information content (AvgIpc) is 2.71. The lowest BCUT2D eigenvalue weighted by atomic mass is 9.67. The highest BCUT2D eigenvalue weighted by Crippen LogP contribution is 2.36. The number of piperidine rings is 3. The standard InChI is InChI=1S/C22H30N4O3/c1-22-14-25(2)13-10-17(22)24-21(29)18(19(22)27)20(28)23-15-6-8-16(9-7-15)26-11-4-3-5-12-26/h6-9,17-18H,3-5,10-14H2,1-2H3,(H,23,28)(H,24,29)/t17-,18?,22-/m0/s1. The predicted octanol–water partition coefficient (Wildman–Crippen LogP) is 1.64. The Morgan fingerprint density at radius 1 is 1.10 bits per heavy atom. The monoisotopic (exact) mass is 398 g/mol. The molecule has 0 aromatic heterocycles. The molecule has 0 radical (unpaired) electrons. The number of amides is 2. The van der Waals surface area contributed by atoms with Crippen LogP contribution in [-0.4, -0.2) is 61.8 Å². The summed E-state index contributed by atoms with van der Waals surface area (Å²) >= 11 is 0. The van der Waals surface area contributed by atoms with E-state index in [0.717, 1.165) is 31.7 Å². The van der Waals surface area contributed by atoms with E-state index in [0.29, 0.717) is 12.2 Å². The van der Waals surface area contributed by atoms with Gasteiger partial charge in [0.15, 0.2) is 11.7 Å². The van der Waals surface area contributed by atoms with Gasteiger partial charge in [-0.15, -0.1) is 0 Å². The van der Waals surface area contributed by atoms with Crippen LogP contribution in [0.2, 0.25) is 0 Å². The Kier molecular flexibility index (Phi) is 5.34. The summed E-state index contributed by atoms with van der Waals surface area (Å²) in [5.41, 5.74) is 1.00. The SMILES string of the molecule is CN1CC[C@@H]2NC(=O)C(C(=O)Nc3ccc(N4CCCCC4)cc3)C(=O)[C@@]2(C)C1. The first-order valence-corrected chi connectivity index (χ1v) is 10.6. The van der Waals surface area contributed by atoms with Crippen molar-refractivity contribution in [3.63, 3.8) is 0 Å². The number of carbonyl (C=O) groups excluding carboxylic acids is 3. The molecule has 4 rings (SSSR count). The van der Waals surface area contributed by atoms with Gasteiger partial charge in [0.1, 0.15) is 0 Å². The Labute approximate surface area is 171 Å². The van der Waals surface area contributed by atoms with Gasteiger partial charge in [0.25, 0.3) is 0 Å². The number of nitrogens with zero attached hydrogens (tertiary/aromatic N) is 2. The summed E-state index contributed by atoms with van der Waals surface area (Å²) in [6, 6.07) is 7.44. The van der Waals surface area contributed by atoms with Crippen LogP contribution in [0.4, 0.5) is 11.4 Å². The number of Topliss-reactive ketones (excluding diaryl/α,β-unsaturated/α-hetero) is 1. The van der Waals surface area contributed by atoms with Crippen molar-refractivity contribution in [2.24, 2.45) is 11.3 Å². The van der Waals surface area contributed by atoms with Gasteiger partial charge < -0.3 is 20.4 Å². The van der Waals surface area contributed by atoms with Crippen molar-refractivity contribution in [3.8, 4) is 0 Å². The molecule has 1 aromatic rings. The summed E-state index contributed by atoms with van der Waals surface area (Å²) in [6.45, 7) is 5.34. The topological polar surface area (TPSA) is 81.8 Å². The minimum Gasteiger partial charge on any atom is -0.372 e. The van der Waals surface area contributed by atoms with Crippen LogP contribution in [0, 0.1) is 11.3 Å². The van der Waals surface area contributed by atoms with Crippen molar-refractivity contribution in [1.82, 2.24) is 10.2 Å². The molecule has 3 saturated heterocycles. The molecule has 2 N–H and O–H groups in total. The number of carbonyl (C=O) groups is 3. The van der Waals surface area contributed by atoms with Crippen LogP contribution in [0.25, 0.3) is 0 Å². The molecule has 3 aliphatic heterocycles. The molecule has 156 valence electrons. The first-order chi connectivity index (χ1) is 13.9. The van der Waals surface area contributed by atoms with Crippen LogP contribution in [0.3, 0.4) is 0 Å². The first kappa shape index (κ1) is 19.9. The van der Waals surface area contributed by atoms with E-state index in [1.54, 1.807) is 0 Å². The Morgan fingerprint density at radius 2 is 1.79 bits per heavy atom. The molecule has 3 aliphatic rings. The lowest BCUT2D eigenvalue weighted by molar-refractivity contribution is -0.153. The van der Waals surface area contributed by atoms with Crippen LogP contribution >= 0.6 is 0 Å². The third-order valence-corrected chi connectivity index (χ3v) is 6.69. The summed E-state index contributed by atoms with van der Waals surface area (Å²) < 4.78 is 0. The van der Waals surface area contributed by atoms with Crippen molar-refractivity contribution in [1.29, 1.82) is 0 Å². The second-order valence-corrected chi connectivity index (χ2v) is 8.89. The number of hydrogen-bond acceptors (Lipinski definition) is 5. The van der Waals surface area contributed by atoms with Gasteiger partial charge in [-0.25, -0.2) is 0 Å². The molecule has 7 nitrogen and oxygen atoms in total. The Balaban J connectivity index is 1.46. The lowest BCUT2D eigenvalue weighted by Crippen LogP contribution is -2.68. The van der Waals surface area contributed by atoms with Crippen molar-refractivity contribution in [3.05, 3.63) is 24.3 Å². The van der Waals surface area contributed by atoms with Crippen LogP contribution in [0.5, 0.6) is 0 Å². The second-order valence-electron chi connectivity index (χ2n) is 8.89. The molecule has 1 unspecified atom stereocenters. The van der Waals surface area contributed by atoms with Crippen LogP contribution in [-0.2, 0) is 14.4 Å². The molecule has 3 heterocycles. The van der Waals surface area contributed by atoms with Crippen LogP contribution < -0.4 is 15.5 Å². The number of fused-ring (bicyclic) bond motifs is 1. The third kappa shape index (κ3) is 3.75. The number of rotatable bonds is 3. The number of anilines is 2. The van der Waals surface area contributed by atoms with Gasteiger partial charge >= 0.3 is 0 Å². The molecule has 3 atom stereocenters. The fourth-order valence-electron chi connectivity index (χ4n) is 4.96. The molecule has 1 aromatic carbocycles. The van der Waals surface area contributed by atoms with Gasteiger partial charge in [0, 0.05) is 37.1 Å². The van der Waals surface area contributed by atoms with Crippen LogP contribution in [0.1, 0.15) is 32.6 Å². The van der Waals surface area contributed by atoms with Gasteiger partial charge in [0.05, 0.1) is 5.41 Å². The molecule has 0 bridgehead atoms. The zero-order valence-corrected chi connectivity index (χ0v) is 17.2. The highest BCUT2D eigenvalue weighted by Gasteiger charge is 2.55. The van der Waals surface area contributed by atoms with Crippen molar-refractivity contribution in [2.75, 3.05) is 43.4 Å². The fourth-order valence-corrected chi connectivity index (χ4v) is 4.96. The normalized spacial score (nSPS) is 30.5. The maximum absolute atomic E-state index is 13.2. The second kappa shape index (κ2) is 7.78. The van der Waals surface area contributed by atoms with Crippen molar-refractivity contribution < 1.29 is 14.4 Å². The average molecular weight is 399 g/mol. The van der Waals surface area contributed by atoms with Gasteiger partial charge in [-0.3, -0.25) is 14.4 Å². The van der Waals surface area contributed by atoms with E-state index in [2.05, 4.69) is 20.4 Å². The minimum atomic E-state index is -1.30. The maximum Gasteiger partial charge on any atom is 0.244 e. The summed E-state index contributed by atoms with van der Waals surface area (Å²) in [4.78, 5) is 43.0. The van der Waals surface area contributed by atoms with Crippen molar-refractivity contribution in [2.45, 2.75) is 38.6 Å². The van der Waals surface area contributed by atoms with Gasteiger partial charge in [-0.05, 0) is 70.5 Å². The number of likely N-dealkylation sites (tertiary alicyclic amines) is 1. The molecule has 2 amide bonds. The van der Waals surface area contributed by atoms with Gasteiger partial charge in [0.2, 0.25) is 11.8 Å². The van der Waals surface area contributed by atoms with E-state index in [-0.39, 0.29) is 11.8 Å². The molecule has 3 fully saturated rings. The van der Waals surface area contributed by atoms with E-state index in [9.17, 15) is 14.4 Å². The molecule has 0 spiro atoms. The summed E-state index contributed by atoms with van der Waals surface area (Å²) in [5.74, 6) is -2.61. The molecule has 0 saturated carbocycles. The Morgan fingerprint density at radius 3 is 2.48 bits per heavy atom. The summed E-state index contributed by atoms with van der Waals surface area (Å²) in [5, 5.41) is 5.70. The van der Waals surface area contributed by atoms with E-state index in [4.69, 9.17) is 0 Å². The van der Waals surface area contributed by atoms with Crippen molar-refractivity contribution >= 4 is 29.0 Å². The highest BCUT2D eigenvalue weighted by atomic mass is 16.2. The van der Waals surface area contributed by atoms with E-state index >= 15 is 0 Å². The van der Waals surface area contributed by atoms with Crippen LogP contribution in [0.15, 0.2) is 24.3 Å². The quantitative estimate of drug-likeness (QED) is 0.757. The largest absolute Gasteiger partial charge is 0.372 e. The zero-order valence-electron chi connectivity index (χ0n) is 17.2. The van der Waals surface area contributed by atoms with Gasteiger partial charge in [-0.2, -0.15) is 0 Å².